The second kappa shape index (κ2) is 8.43. The van der Waals surface area contributed by atoms with Crippen LogP contribution in [-0.2, 0) is 14.8 Å². The number of rotatable bonds is 7. The van der Waals surface area contributed by atoms with E-state index in [1.807, 2.05) is 26.8 Å². The van der Waals surface area contributed by atoms with Gasteiger partial charge < -0.3 is 10.1 Å². The van der Waals surface area contributed by atoms with Crippen LogP contribution in [0.25, 0.3) is 0 Å². The first kappa shape index (κ1) is 20.8. The molecule has 0 saturated heterocycles. The molecule has 0 spiro atoms. The molecule has 2 aromatic carbocycles. The second-order valence-corrected chi connectivity index (χ2v) is 8.31. The summed E-state index contributed by atoms with van der Waals surface area (Å²) in [6, 6.07) is 11.4. The Bertz CT molecular complexity index is 908. The molecule has 1 atom stereocenters. The fourth-order valence-electron chi connectivity index (χ4n) is 2.72. The molecular formula is C20H26N2O4S. The van der Waals surface area contributed by atoms with Crippen molar-refractivity contribution < 1.29 is 17.9 Å². The van der Waals surface area contributed by atoms with E-state index in [9.17, 15) is 13.2 Å². The van der Waals surface area contributed by atoms with E-state index in [-0.39, 0.29) is 0 Å². The molecule has 0 aliphatic heterocycles. The molecule has 0 aliphatic rings. The standard InChI is InChI=1S/C20H26N2O4S/c1-6-26-19-11-8-17(9-12-19)21-20(23)16(4)22(27(5,24)25)18-10-7-14(2)15(3)13-18/h7-13,16H,6H2,1-5H3,(H,21,23). The van der Waals surface area contributed by atoms with Crippen LogP contribution in [0.2, 0.25) is 0 Å². The number of ether oxygens (including phenoxy) is 1. The molecule has 0 fully saturated rings. The number of sulfonamides is 1. The summed E-state index contributed by atoms with van der Waals surface area (Å²) in [5.41, 5.74) is 3.05. The quantitative estimate of drug-likeness (QED) is 0.785. The van der Waals surface area contributed by atoms with Gasteiger partial charge in [-0.3, -0.25) is 9.10 Å². The van der Waals surface area contributed by atoms with Gasteiger partial charge in [-0.2, -0.15) is 0 Å². The normalized spacial score (nSPS) is 12.3. The van der Waals surface area contributed by atoms with Crippen LogP contribution in [0.15, 0.2) is 42.5 Å². The average Bonchev–Trinajstić information content (AvgIpc) is 2.59. The van der Waals surface area contributed by atoms with Crippen LogP contribution < -0.4 is 14.4 Å². The fourth-order valence-corrected chi connectivity index (χ4v) is 3.89. The molecule has 1 amide bonds. The highest BCUT2D eigenvalue weighted by Crippen LogP contribution is 2.24. The zero-order valence-electron chi connectivity index (χ0n) is 16.3. The third-order valence-corrected chi connectivity index (χ3v) is 5.51. The van der Waals surface area contributed by atoms with Gasteiger partial charge in [-0.1, -0.05) is 6.07 Å². The Morgan fingerprint density at radius 1 is 1.11 bits per heavy atom. The van der Waals surface area contributed by atoms with Crippen LogP contribution in [0.3, 0.4) is 0 Å². The van der Waals surface area contributed by atoms with Crippen molar-refractivity contribution in [2.75, 3.05) is 22.5 Å². The topological polar surface area (TPSA) is 75.7 Å². The van der Waals surface area contributed by atoms with E-state index >= 15 is 0 Å². The molecule has 0 saturated carbocycles. The van der Waals surface area contributed by atoms with Gasteiger partial charge in [-0.05, 0) is 75.2 Å². The van der Waals surface area contributed by atoms with E-state index in [4.69, 9.17) is 4.74 Å². The Labute approximate surface area is 161 Å². The number of benzene rings is 2. The van der Waals surface area contributed by atoms with Crippen molar-refractivity contribution in [3.8, 4) is 5.75 Å². The lowest BCUT2D eigenvalue weighted by Gasteiger charge is -2.28. The van der Waals surface area contributed by atoms with Crippen LogP contribution >= 0.6 is 0 Å². The molecule has 0 aliphatic carbocycles. The smallest absolute Gasteiger partial charge is 0.247 e. The number of hydrogen-bond donors (Lipinski definition) is 1. The Morgan fingerprint density at radius 2 is 1.74 bits per heavy atom. The molecule has 0 heterocycles. The highest BCUT2D eigenvalue weighted by atomic mass is 32.2. The maximum atomic E-state index is 12.7. The van der Waals surface area contributed by atoms with Crippen molar-refractivity contribution in [2.45, 2.75) is 33.7 Å². The van der Waals surface area contributed by atoms with Crippen LogP contribution in [0.5, 0.6) is 5.75 Å². The Balaban J connectivity index is 2.25. The maximum absolute atomic E-state index is 12.7. The summed E-state index contributed by atoms with van der Waals surface area (Å²) in [5.74, 6) is 0.291. The second-order valence-electron chi connectivity index (χ2n) is 6.45. The van der Waals surface area contributed by atoms with Gasteiger partial charge in [0.2, 0.25) is 15.9 Å². The monoisotopic (exact) mass is 390 g/mol. The highest BCUT2D eigenvalue weighted by molar-refractivity contribution is 7.92. The van der Waals surface area contributed by atoms with Crippen LogP contribution in [0, 0.1) is 13.8 Å². The summed E-state index contributed by atoms with van der Waals surface area (Å²) in [6.07, 6.45) is 1.10. The number of carbonyl (C=O) groups is 1. The lowest BCUT2D eigenvalue weighted by molar-refractivity contribution is -0.116. The maximum Gasteiger partial charge on any atom is 0.247 e. The third kappa shape index (κ3) is 5.23. The Kier molecular flexibility index (Phi) is 6.49. The molecule has 27 heavy (non-hydrogen) atoms. The van der Waals surface area contributed by atoms with Gasteiger partial charge in [-0.25, -0.2) is 8.42 Å². The largest absolute Gasteiger partial charge is 0.494 e. The van der Waals surface area contributed by atoms with E-state index in [0.717, 1.165) is 21.7 Å². The van der Waals surface area contributed by atoms with Gasteiger partial charge in [0, 0.05) is 5.69 Å². The predicted octanol–water partition coefficient (Wildman–Crippen LogP) is 3.50. The minimum absolute atomic E-state index is 0.414. The van der Waals surface area contributed by atoms with Crippen LogP contribution in [0.4, 0.5) is 11.4 Å². The fraction of sp³-hybridized carbons (Fsp3) is 0.350. The number of nitrogens with zero attached hydrogens (tertiary/aromatic N) is 1. The minimum atomic E-state index is -3.65. The number of anilines is 2. The molecule has 1 N–H and O–H groups in total. The van der Waals surface area contributed by atoms with Crippen molar-refractivity contribution >= 4 is 27.3 Å². The van der Waals surface area contributed by atoms with Crippen molar-refractivity contribution in [3.05, 3.63) is 53.6 Å². The zero-order valence-corrected chi connectivity index (χ0v) is 17.1. The van der Waals surface area contributed by atoms with E-state index in [2.05, 4.69) is 5.32 Å². The number of carbonyl (C=O) groups excluding carboxylic acids is 1. The molecular weight excluding hydrogens is 364 g/mol. The van der Waals surface area contributed by atoms with E-state index in [1.165, 1.54) is 0 Å². The van der Waals surface area contributed by atoms with Gasteiger partial charge in [0.1, 0.15) is 11.8 Å². The first-order valence-electron chi connectivity index (χ1n) is 8.74. The summed E-state index contributed by atoms with van der Waals surface area (Å²) in [6.45, 7) is 7.88. The van der Waals surface area contributed by atoms with Crippen molar-refractivity contribution in [1.29, 1.82) is 0 Å². The van der Waals surface area contributed by atoms with Crippen LogP contribution in [-0.4, -0.2) is 33.2 Å². The van der Waals surface area contributed by atoms with Crippen molar-refractivity contribution in [1.82, 2.24) is 0 Å². The number of amides is 1. The summed E-state index contributed by atoms with van der Waals surface area (Å²) in [7, 11) is -3.65. The lowest BCUT2D eigenvalue weighted by Crippen LogP contribution is -2.45. The van der Waals surface area contributed by atoms with E-state index in [0.29, 0.717) is 23.7 Å². The van der Waals surface area contributed by atoms with Gasteiger partial charge in [0.15, 0.2) is 0 Å². The van der Waals surface area contributed by atoms with Crippen molar-refractivity contribution in [3.63, 3.8) is 0 Å². The first-order chi connectivity index (χ1) is 12.6. The molecule has 0 bridgehead atoms. The predicted molar refractivity (Wildman–Crippen MR) is 109 cm³/mol. The number of aryl methyl sites for hydroxylation is 2. The number of nitrogens with one attached hydrogen (secondary N) is 1. The molecule has 2 rings (SSSR count). The molecule has 0 aromatic heterocycles. The minimum Gasteiger partial charge on any atom is -0.494 e. The zero-order chi connectivity index (χ0) is 20.2. The van der Waals surface area contributed by atoms with Gasteiger partial charge >= 0.3 is 0 Å². The summed E-state index contributed by atoms with van der Waals surface area (Å²) in [4.78, 5) is 12.7. The molecule has 1 unspecified atom stereocenters. The molecule has 6 nitrogen and oxygen atoms in total. The van der Waals surface area contributed by atoms with E-state index in [1.54, 1.807) is 43.3 Å². The lowest BCUT2D eigenvalue weighted by atomic mass is 10.1. The highest BCUT2D eigenvalue weighted by Gasteiger charge is 2.29. The van der Waals surface area contributed by atoms with E-state index < -0.39 is 22.0 Å². The SMILES string of the molecule is CCOc1ccc(NC(=O)C(C)N(c2ccc(C)c(C)c2)S(C)(=O)=O)cc1. The molecule has 0 radical (unpaired) electrons. The first-order valence-corrected chi connectivity index (χ1v) is 10.6. The average molecular weight is 391 g/mol. The Morgan fingerprint density at radius 3 is 2.26 bits per heavy atom. The van der Waals surface area contributed by atoms with Gasteiger partial charge in [0.25, 0.3) is 0 Å². The van der Waals surface area contributed by atoms with Gasteiger partial charge in [-0.15, -0.1) is 0 Å². The molecule has 7 heteroatoms. The molecule has 2 aromatic rings. The molecule has 146 valence electrons. The summed E-state index contributed by atoms with van der Waals surface area (Å²) < 4.78 is 31.3. The summed E-state index contributed by atoms with van der Waals surface area (Å²) >= 11 is 0. The third-order valence-electron chi connectivity index (χ3n) is 4.27. The van der Waals surface area contributed by atoms with Gasteiger partial charge in [0.05, 0.1) is 18.6 Å². The Hall–Kier alpha value is -2.54. The van der Waals surface area contributed by atoms with Crippen molar-refractivity contribution in [2.24, 2.45) is 0 Å². The number of hydrogen-bond acceptors (Lipinski definition) is 4. The van der Waals surface area contributed by atoms with Crippen LogP contribution in [0.1, 0.15) is 25.0 Å². The summed E-state index contributed by atoms with van der Waals surface area (Å²) in [5, 5.41) is 2.76.